The standard InChI is InChI=1S/C32H32N6O2/c33-19-23-6-8-29-28(16-23)25(22-35-29)5-1-2-11-37-12-14-38(15-13-37)27-7-9-30-26(17-27)18-31(40-30)32(39)36-21-24-4-3-10-34-20-24/h3-4,6-10,16-18,20,22,35H,1-2,5,11-15,21H2,(H,36,39). The molecular weight excluding hydrogens is 500 g/mol. The fourth-order valence-corrected chi connectivity index (χ4v) is 5.45. The van der Waals surface area contributed by atoms with Gasteiger partial charge in [0.25, 0.3) is 5.91 Å². The van der Waals surface area contributed by atoms with Crippen molar-refractivity contribution in [1.29, 1.82) is 5.26 Å². The molecule has 3 aromatic heterocycles. The van der Waals surface area contributed by atoms with Gasteiger partial charge in [-0.3, -0.25) is 14.7 Å². The smallest absolute Gasteiger partial charge is 0.287 e. The number of rotatable bonds is 9. The number of hydrogen-bond donors (Lipinski definition) is 2. The molecule has 6 rings (SSSR count). The molecular formula is C32H32N6O2. The van der Waals surface area contributed by atoms with Gasteiger partial charge in [-0.05, 0) is 85.5 Å². The summed E-state index contributed by atoms with van der Waals surface area (Å²) in [7, 11) is 0. The van der Waals surface area contributed by atoms with Gasteiger partial charge >= 0.3 is 0 Å². The van der Waals surface area contributed by atoms with Crippen molar-refractivity contribution in [3.05, 3.63) is 95.6 Å². The van der Waals surface area contributed by atoms with E-state index < -0.39 is 0 Å². The molecule has 0 radical (unpaired) electrons. The number of nitrogens with one attached hydrogen (secondary N) is 2. The first-order chi connectivity index (χ1) is 19.7. The second-order valence-corrected chi connectivity index (χ2v) is 10.3. The molecule has 40 heavy (non-hydrogen) atoms. The van der Waals surface area contributed by atoms with E-state index in [4.69, 9.17) is 4.42 Å². The van der Waals surface area contributed by atoms with Gasteiger partial charge in [-0.25, -0.2) is 0 Å². The molecule has 1 aliphatic rings. The molecule has 4 heterocycles. The zero-order valence-corrected chi connectivity index (χ0v) is 22.4. The van der Waals surface area contributed by atoms with Gasteiger partial charge in [-0.2, -0.15) is 5.26 Å². The number of nitriles is 1. The van der Waals surface area contributed by atoms with Gasteiger partial charge in [0.15, 0.2) is 5.76 Å². The number of aryl methyl sites for hydroxylation is 1. The number of fused-ring (bicyclic) bond motifs is 2. The topological polar surface area (TPSA) is 101 Å². The predicted octanol–water partition coefficient (Wildman–Crippen LogP) is 5.26. The van der Waals surface area contributed by atoms with Crippen LogP contribution in [0.4, 0.5) is 5.69 Å². The van der Waals surface area contributed by atoms with Crippen molar-refractivity contribution in [2.24, 2.45) is 0 Å². The zero-order chi connectivity index (χ0) is 27.3. The Morgan fingerprint density at radius 3 is 2.80 bits per heavy atom. The lowest BCUT2D eigenvalue weighted by Gasteiger charge is -2.36. The van der Waals surface area contributed by atoms with E-state index >= 15 is 0 Å². The molecule has 5 aromatic rings. The fourth-order valence-electron chi connectivity index (χ4n) is 5.45. The molecule has 0 bridgehead atoms. The molecule has 1 aliphatic heterocycles. The highest BCUT2D eigenvalue weighted by Crippen LogP contribution is 2.26. The Balaban J connectivity index is 0.977. The molecule has 1 amide bonds. The summed E-state index contributed by atoms with van der Waals surface area (Å²) < 4.78 is 5.82. The maximum Gasteiger partial charge on any atom is 0.287 e. The van der Waals surface area contributed by atoms with Crippen LogP contribution in [0.5, 0.6) is 0 Å². The van der Waals surface area contributed by atoms with E-state index in [1.165, 1.54) is 10.9 Å². The summed E-state index contributed by atoms with van der Waals surface area (Å²) in [6, 6.07) is 19.8. The van der Waals surface area contributed by atoms with Crippen LogP contribution < -0.4 is 10.2 Å². The van der Waals surface area contributed by atoms with Crippen molar-refractivity contribution < 1.29 is 9.21 Å². The van der Waals surface area contributed by atoms with Crippen molar-refractivity contribution in [2.75, 3.05) is 37.6 Å². The van der Waals surface area contributed by atoms with Gasteiger partial charge in [-0.1, -0.05) is 6.07 Å². The number of aromatic amines is 1. The van der Waals surface area contributed by atoms with Crippen molar-refractivity contribution in [1.82, 2.24) is 20.2 Å². The minimum Gasteiger partial charge on any atom is -0.451 e. The summed E-state index contributed by atoms with van der Waals surface area (Å²) in [4.78, 5) is 25.0. The first kappa shape index (κ1) is 25.7. The number of amides is 1. The van der Waals surface area contributed by atoms with E-state index in [0.29, 0.717) is 23.5 Å². The van der Waals surface area contributed by atoms with Crippen LogP contribution in [0.25, 0.3) is 21.9 Å². The lowest BCUT2D eigenvalue weighted by Crippen LogP contribution is -2.46. The number of nitrogens with zero attached hydrogens (tertiary/aromatic N) is 4. The number of furan rings is 1. The highest BCUT2D eigenvalue weighted by molar-refractivity contribution is 5.96. The predicted molar refractivity (Wildman–Crippen MR) is 156 cm³/mol. The molecule has 2 aromatic carbocycles. The van der Waals surface area contributed by atoms with Crippen molar-refractivity contribution in [3.8, 4) is 6.07 Å². The lowest BCUT2D eigenvalue weighted by molar-refractivity contribution is 0.0925. The Morgan fingerprint density at radius 1 is 1.07 bits per heavy atom. The quantitative estimate of drug-likeness (QED) is 0.251. The maximum atomic E-state index is 12.6. The van der Waals surface area contributed by atoms with Crippen LogP contribution in [-0.2, 0) is 13.0 Å². The van der Waals surface area contributed by atoms with Crippen LogP contribution in [0.1, 0.15) is 40.1 Å². The summed E-state index contributed by atoms with van der Waals surface area (Å²) in [6.45, 7) is 5.51. The second kappa shape index (κ2) is 11.6. The molecule has 1 fully saturated rings. The fraction of sp³-hybridized carbons (Fsp3) is 0.281. The van der Waals surface area contributed by atoms with Crippen LogP contribution in [0.15, 0.2) is 77.6 Å². The summed E-state index contributed by atoms with van der Waals surface area (Å²) >= 11 is 0. The Kier molecular flexibility index (Phi) is 7.47. The Bertz CT molecular complexity index is 1660. The third kappa shape index (κ3) is 5.70. The molecule has 0 atom stereocenters. The van der Waals surface area contributed by atoms with Crippen LogP contribution in [0.3, 0.4) is 0 Å². The number of piperazine rings is 1. The number of hydrogen-bond acceptors (Lipinski definition) is 6. The first-order valence-corrected chi connectivity index (χ1v) is 13.8. The molecule has 0 spiro atoms. The third-order valence-corrected chi connectivity index (χ3v) is 7.70. The van der Waals surface area contributed by atoms with Gasteiger partial charge < -0.3 is 19.6 Å². The van der Waals surface area contributed by atoms with Gasteiger partial charge in [0.1, 0.15) is 5.58 Å². The number of carbonyl (C=O) groups is 1. The number of H-pyrrole nitrogens is 1. The number of anilines is 1. The monoisotopic (exact) mass is 532 g/mol. The molecule has 8 nitrogen and oxygen atoms in total. The van der Waals surface area contributed by atoms with Crippen LogP contribution >= 0.6 is 0 Å². The molecule has 2 N–H and O–H groups in total. The van der Waals surface area contributed by atoms with Crippen molar-refractivity contribution in [3.63, 3.8) is 0 Å². The molecule has 0 saturated carbocycles. The Morgan fingerprint density at radius 2 is 1.98 bits per heavy atom. The second-order valence-electron chi connectivity index (χ2n) is 10.3. The van der Waals surface area contributed by atoms with E-state index in [2.05, 4.69) is 49.5 Å². The normalized spacial score (nSPS) is 14.0. The van der Waals surface area contributed by atoms with Crippen molar-refractivity contribution in [2.45, 2.75) is 25.8 Å². The summed E-state index contributed by atoms with van der Waals surface area (Å²) in [5.41, 5.74) is 5.91. The van der Waals surface area contributed by atoms with Crippen LogP contribution in [0, 0.1) is 11.3 Å². The van der Waals surface area contributed by atoms with Gasteiger partial charge in [0.2, 0.25) is 0 Å². The number of unbranched alkanes of at least 4 members (excludes halogenated alkanes) is 1. The summed E-state index contributed by atoms with van der Waals surface area (Å²) in [6.07, 6.45) is 8.82. The van der Waals surface area contributed by atoms with E-state index in [1.54, 1.807) is 12.4 Å². The van der Waals surface area contributed by atoms with E-state index in [9.17, 15) is 10.1 Å². The average Bonchev–Trinajstić information content (AvgIpc) is 3.62. The molecule has 0 unspecified atom stereocenters. The molecule has 8 heteroatoms. The minimum absolute atomic E-state index is 0.230. The lowest BCUT2D eigenvalue weighted by atomic mass is 10.1. The number of pyridine rings is 1. The van der Waals surface area contributed by atoms with Crippen LogP contribution in [-0.4, -0.2) is 53.5 Å². The highest BCUT2D eigenvalue weighted by atomic mass is 16.3. The highest BCUT2D eigenvalue weighted by Gasteiger charge is 2.19. The van der Waals surface area contributed by atoms with Gasteiger partial charge in [0.05, 0.1) is 11.6 Å². The Labute approximate surface area is 233 Å². The van der Waals surface area contributed by atoms with E-state index in [0.717, 1.165) is 74.1 Å². The SMILES string of the molecule is N#Cc1ccc2[nH]cc(CCCCN3CCN(c4ccc5oc(C(=O)NCc6cccnc6)cc5c4)CC3)c2c1. The number of benzene rings is 2. The summed E-state index contributed by atoms with van der Waals surface area (Å²) in [5.74, 6) is 0.0887. The minimum atomic E-state index is -0.230. The average molecular weight is 533 g/mol. The van der Waals surface area contributed by atoms with E-state index in [1.807, 2.05) is 42.5 Å². The largest absolute Gasteiger partial charge is 0.451 e. The molecule has 1 saturated heterocycles. The Hall–Kier alpha value is -4.61. The van der Waals surface area contributed by atoms with Crippen LogP contribution in [0.2, 0.25) is 0 Å². The maximum absolute atomic E-state index is 12.6. The number of aromatic nitrogens is 2. The molecule has 202 valence electrons. The first-order valence-electron chi connectivity index (χ1n) is 13.8. The zero-order valence-electron chi connectivity index (χ0n) is 22.4. The number of carbonyl (C=O) groups excluding carboxylic acids is 1. The van der Waals surface area contributed by atoms with Gasteiger partial charge in [0, 0.05) is 73.3 Å². The van der Waals surface area contributed by atoms with Gasteiger partial charge in [-0.15, -0.1) is 0 Å². The summed E-state index contributed by atoms with van der Waals surface area (Å²) in [5, 5.41) is 14.2. The van der Waals surface area contributed by atoms with Crippen molar-refractivity contribution >= 4 is 33.5 Å². The van der Waals surface area contributed by atoms with E-state index in [-0.39, 0.29) is 5.91 Å². The third-order valence-electron chi connectivity index (χ3n) is 7.70. The molecule has 0 aliphatic carbocycles.